The van der Waals surface area contributed by atoms with Gasteiger partial charge in [-0.05, 0) is 49.5 Å². The highest BCUT2D eigenvalue weighted by molar-refractivity contribution is 7.80. The van der Waals surface area contributed by atoms with E-state index in [9.17, 15) is 4.79 Å². The first-order valence-corrected chi connectivity index (χ1v) is 9.80. The molecule has 7 heteroatoms. The van der Waals surface area contributed by atoms with E-state index in [1.807, 2.05) is 42.5 Å². The summed E-state index contributed by atoms with van der Waals surface area (Å²) in [6.45, 7) is 2.78. The molecular formula is C22H21N3O3S. The van der Waals surface area contributed by atoms with E-state index in [1.165, 1.54) is 7.11 Å². The van der Waals surface area contributed by atoms with Gasteiger partial charge in [0.15, 0.2) is 5.11 Å². The van der Waals surface area contributed by atoms with Crippen LogP contribution in [-0.4, -0.2) is 34.6 Å². The predicted molar refractivity (Wildman–Crippen MR) is 113 cm³/mol. The van der Waals surface area contributed by atoms with Gasteiger partial charge in [-0.3, -0.25) is 4.98 Å². The van der Waals surface area contributed by atoms with Gasteiger partial charge in [0.05, 0.1) is 24.4 Å². The number of nitrogens with one attached hydrogen (secondary N) is 1. The average Bonchev–Trinajstić information content (AvgIpc) is 3.38. The number of carbonyl (C=O) groups is 1. The standard InChI is InChI=1S/C22H21N3O3S/c1-3-25-20(19(24-22(25)29)16-10-6-7-13-23-16)18-12-11-17(28-18)14-8-4-5-9-15(14)21(26)27-2/h4-13,19-20H,3H2,1-2H3,(H,24,29)/t19-,20+/m0/s1. The molecule has 1 aliphatic rings. The lowest BCUT2D eigenvalue weighted by molar-refractivity contribution is 0.0601. The fourth-order valence-corrected chi connectivity index (χ4v) is 4.07. The number of rotatable bonds is 5. The molecule has 0 aliphatic carbocycles. The first-order valence-electron chi connectivity index (χ1n) is 9.39. The lowest BCUT2D eigenvalue weighted by atomic mass is 10.0. The van der Waals surface area contributed by atoms with Crippen molar-refractivity contribution in [1.29, 1.82) is 0 Å². The van der Waals surface area contributed by atoms with E-state index in [4.69, 9.17) is 21.4 Å². The molecule has 1 aromatic carbocycles. The Kier molecular flexibility index (Phi) is 5.31. The monoisotopic (exact) mass is 407 g/mol. The number of aromatic nitrogens is 1. The van der Waals surface area contributed by atoms with Crippen molar-refractivity contribution in [2.24, 2.45) is 0 Å². The average molecular weight is 407 g/mol. The van der Waals surface area contributed by atoms with Crippen LogP contribution in [0.4, 0.5) is 0 Å². The van der Waals surface area contributed by atoms with Gasteiger partial charge < -0.3 is 19.4 Å². The van der Waals surface area contributed by atoms with Gasteiger partial charge in [-0.15, -0.1) is 0 Å². The number of hydrogen-bond acceptors (Lipinski definition) is 5. The Bertz CT molecular complexity index is 1030. The number of methoxy groups -OCH3 is 1. The molecule has 0 bridgehead atoms. The van der Waals surface area contributed by atoms with Crippen LogP contribution in [0.15, 0.2) is 65.2 Å². The smallest absolute Gasteiger partial charge is 0.338 e. The maximum Gasteiger partial charge on any atom is 0.338 e. The lowest BCUT2D eigenvalue weighted by Crippen LogP contribution is -2.29. The Hall–Kier alpha value is -3.19. The summed E-state index contributed by atoms with van der Waals surface area (Å²) in [6, 6.07) is 16.6. The molecule has 1 N–H and O–H groups in total. The van der Waals surface area contributed by atoms with E-state index in [0.29, 0.717) is 22.0 Å². The normalized spacial score (nSPS) is 18.6. The van der Waals surface area contributed by atoms with Gasteiger partial charge in [-0.1, -0.05) is 24.3 Å². The highest BCUT2D eigenvalue weighted by atomic mass is 32.1. The van der Waals surface area contributed by atoms with Crippen molar-refractivity contribution >= 4 is 23.3 Å². The second-order valence-electron chi connectivity index (χ2n) is 6.65. The minimum Gasteiger partial charge on any atom is -0.465 e. The van der Waals surface area contributed by atoms with E-state index >= 15 is 0 Å². The Morgan fingerprint density at radius 3 is 2.72 bits per heavy atom. The number of likely N-dealkylation sites (N-methyl/N-ethyl adjacent to an activating group) is 1. The second kappa shape index (κ2) is 8.05. The quantitative estimate of drug-likeness (QED) is 0.504. The van der Waals surface area contributed by atoms with Gasteiger partial charge in [0.2, 0.25) is 0 Å². The molecule has 1 fully saturated rings. The third-order valence-electron chi connectivity index (χ3n) is 5.05. The van der Waals surface area contributed by atoms with Crippen LogP contribution in [0.3, 0.4) is 0 Å². The zero-order valence-electron chi connectivity index (χ0n) is 16.2. The third-order valence-corrected chi connectivity index (χ3v) is 5.41. The van der Waals surface area contributed by atoms with Crippen LogP contribution in [0, 0.1) is 0 Å². The van der Waals surface area contributed by atoms with Crippen LogP contribution in [0.1, 0.15) is 40.8 Å². The zero-order chi connectivity index (χ0) is 20.4. The van der Waals surface area contributed by atoms with Crippen LogP contribution in [-0.2, 0) is 4.74 Å². The Morgan fingerprint density at radius 1 is 1.21 bits per heavy atom. The van der Waals surface area contributed by atoms with Crippen LogP contribution in [0.25, 0.3) is 11.3 Å². The van der Waals surface area contributed by atoms with Gasteiger partial charge >= 0.3 is 5.97 Å². The molecule has 0 unspecified atom stereocenters. The van der Waals surface area contributed by atoms with E-state index < -0.39 is 5.97 Å². The maximum atomic E-state index is 12.1. The summed E-state index contributed by atoms with van der Waals surface area (Å²) < 4.78 is 11.1. The molecule has 3 aromatic rings. The van der Waals surface area contributed by atoms with Gasteiger partial charge in [-0.25, -0.2) is 4.79 Å². The van der Waals surface area contributed by atoms with Crippen molar-refractivity contribution in [2.45, 2.75) is 19.0 Å². The highest BCUT2D eigenvalue weighted by Crippen LogP contribution is 2.40. The molecular weight excluding hydrogens is 386 g/mol. The number of pyridine rings is 1. The fourth-order valence-electron chi connectivity index (χ4n) is 3.70. The van der Waals surface area contributed by atoms with Gasteiger partial charge in [0.25, 0.3) is 0 Å². The van der Waals surface area contributed by atoms with Gasteiger partial charge in [0.1, 0.15) is 17.6 Å². The summed E-state index contributed by atoms with van der Waals surface area (Å²) in [4.78, 5) is 18.7. The van der Waals surface area contributed by atoms with Crippen molar-refractivity contribution in [2.75, 3.05) is 13.7 Å². The molecule has 4 rings (SSSR count). The number of hydrogen-bond donors (Lipinski definition) is 1. The van der Waals surface area contributed by atoms with Gasteiger partial charge in [-0.2, -0.15) is 0 Å². The van der Waals surface area contributed by atoms with E-state index in [1.54, 1.807) is 18.3 Å². The first kappa shape index (κ1) is 19.1. The lowest BCUT2D eigenvalue weighted by Gasteiger charge is -2.24. The molecule has 0 saturated carbocycles. The first-order chi connectivity index (χ1) is 14.1. The molecule has 3 heterocycles. The van der Waals surface area contributed by atoms with Gasteiger partial charge in [0, 0.05) is 18.3 Å². The second-order valence-corrected chi connectivity index (χ2v) is 7.04. The molecule has 0 radical (unpaired) electrons. The van der Waals surface area contributed by atoms with Crippen LogP contribution >= 0.6 is 12.2 Å². The molecule has 0 spiro atoms. The molecule has 2 aromatic heterocycles. The molecule has 1 saturated heterocycles. The SMILES string of the molecule is CCN1C(=S)N[C@@H](c2ccccn2)[C@H]1c1ccc(-c2ccccc2C(=O)OC)o1. The molecule has 6 nitrogen and oxygen atoms in total. The number of carbonyl (C=O) groups excluding carboxylic acids is 1. The van der Waals surface area contributed by atoms with Crippen LogP contribution in [0.5, 0.6) is 0 Å². The maximum absolute atomic E-state index is 12.1. The van der Waals surface area contributed by atoms with Crippen molar-refractivity contribution in [1.82, 2.24) is 15.2 Å². The summed E-state index contributed by atoms with van der Waals surface area (Å²) in [5.41, 5.74) is 2.05. The number of thiocarbonyl (C=S) groups is 1. The molecule has 1 aliphatic heterocycles. The number of furan rings is 1. The largest absolute Gasteiger partial charge is 0.465 e. The summed E-state index contributed by atoms with van der Waals surface area (Å²) in [5.74, 6) is 0.961. The molecule has 29 heavy (non-hydrogen) atoms. The minimum absolute atomic E-state index is 0.126. The van der Waals surface area contributed by atoms with E-state index in [0.717, 1.165) is 18.0 Å². The summed E-state index contributed by atoms with van der Waals surface area (Å²) in [5, 5.41) is 4.04. The minimum atomic E-state index is -0.399. The Morgan fingerprint density at radius 2 is 2.00 bits per heavy atom. The topological polar surface area (TPSA) is 67.6 Å². The third kappa shape index (κ3) is 3.49. The highest BCUT2D eigenvalue weighted by Gasteiger charge is 2.41. The van der Waals surface area contributed by atoms with E-state index in [-0.39, 0.29) is 12.1 Å². The Labute approximate surface area is 174 Å². The van der Waals surface area contributed by atoms with Crippen LogP contribution < -0.4 is 5.32 Å². The molecule has 148 valence electrons. The number of benzene rings is 1. The zero-order valence-corrected chi connectivity index (χ0v) is 17.0. The van der Waals surface area contributed by atoms with Crippen LogP contribution in [0.2, 0.25) is 0 Å². The summed E-state index contributed by atoms with van der Waals surface area (Å²) in [6.07, 6.45) is 1.77. The summed E-state index contributed by atoms with van der Waals surface area (Å²) in [7, 11) is 1.37. The van der Waals surface area contributed by atoms with Crippen molar-refractivity contribution in [3.63, 3.8) is 0 Å². The Balaban J connectivity index is 1.74. The van der Waals surface area contributed by atoms with Crippen molar-refractivity contribution in [3.05, 3.63) is 77.8 Å². The summed E-state index contributed by atoms with van der Waals surface area (Å²) >= 11 is 5.55. The fraction of sp³-hybridized carbons (Fsp3) is 0.227. The molecule has 2 atom stereocenters. The number of ether oxygens (including phenoxy) is 1. The number of nitrogens with zero attached hydrogens (tertiary/aromatic N) is 2. The molecule has 0 amide bonds. The van der Waals surface area contributed by atoms with Crippen molar-refractivity contribution < 1.29 is 13.9 Å². The predicted octanol–water partition coefficient (Wildman–Crippen LogP) is 4.12. The van der Waals surface area contributed by atoms with Crippen molar-refractivity contribution in [3.8, 4) is 11.3 Å². The van der Waals surface area contributed by atoms with E-state index in [2.05, 4.69) is 22.1 Å². The number of esters is 1.